The fourth-order valence-electron chi connectivity index (χ4n) is 4.51. The van der Waals surface area contributed by atoms with E-state index < -0.39 is 5.66 Å². The van der Waals surface area contributed by atoms with Gasteiger partial charge in [0.05, 0.1) is 7.11 Å². The molecule has 2 aromatic rings. The van der Waals surface area contributed by atoms with E-state index in [1.54, 1.807) is 7.11 Å². The van der Waals surface area contributed by atoms with Crippen molar-refractivity contribution in [3.63, 3.8) is 0 Å². The number of halogens is 1. The lowest BCUT2D eigenvalue weighted by Crippen LogP contribution is -2.68. The third-order valence-electron chi connectivity index (χ3n) is 6.08. The highest BCUT2D eigenvalue weighted by Gasteiger charge is 2.57. The van der Waals surface area contributed by atoms with E-state index in [1.165, 1.54) is 16.8 Å². The number of hydrogen-bond donors (Lipinski definition) is 1. The van der Waals surface area contributed by atoms with Crippen molar-refractivity contribution in [1.82, 2.24) is 5.32 Å². The Morgan fingerprint density at radius 3 is 2.75 bits per heavy atom. The van der Waals surface area contributed by atoms with Crippen LogP contribution >= 0.6 is 15.9 Å². The molecular weight excluding hydrogens is 416 g/mol. The molecule has 2 heterocycles. The monoisotopic (exact) mass is 440 g/mol. The molecule has 146 valence electrons. The van der Waals surface area contributed by atoms with Gasteiger partial charge in [-0.05, 0) is 42.8 Å². The Morgan fingerprint density at radius 1 is 1.21 bits per heavy atom. The molecule has 0 spiro atoms. The lowest BCUT2D eigenvalue weighted by molar-refractivity contribution is -0.124. The maximum atomic E-state index is 12.5. The predicted octanol–water partition coefficient (Wildman–Crippen LogP) is 4.79. The summed E-state index contributed by atoms with van der Waals surface area (Å²) in [6, 6.07) is 12.5. The molecule has 0 saturated carbocycles. The number of amides is 1. The highest BCUT2D eigenvalue weighted by atomic mass is 79.9. The number of carbonyl (C=O) groups is 1. The van der Waals surface area contributed by atoms with Crippen LogP contribution in [0.15, 0.2) is 46.9 Å². The van der Waals surface area contributed by atoms with Crippen molar-refractivity contribution in [2.75, 3.05) is 18.6 Å². The first-order valence-electron chi connectivity index (χ1n) is 9.51. The quantitative estimate of drug-likeness (QED) is 0.745. The Kier molecular flexibility index (Phi) is 4.53. The van der Waals surface area contributed by atoms with Gasteiger partial charge >= 0.3 is 0 Å². The Morgan fingerprint density at radius 2 is 2.00 bits per heavy atom. The van der Waals surface area contributed by atoms with E-state index in [9.17, 15) is 4.79 Å². The summed E-state index contributed by atoms with van der Waals surface area (Å²) in [5, 5.41) is 3.32. The maximum absolute atomic E-state index is 12.5. The van der Waals surface area contributed by atoms with Gasteiger partial charge in [-0.15, -0.1) is 0 Å². The molecule has 0 aromatic heterocycles. The van der Waals surface area contributed by atoms with Crippen LogP contribution in [0.5, 0.6) is 5.75 Å². The van der Waals surface area contributed by atoms with Gasteiger partial charge in [-0.2, -0.15) is 0 Å². The number of nitrogens with zero attached hydrogens (tertiary/aromatic N) is 1. The Bertz CT molecular complexity index is 983. The molecule has 4 rings (SSSR count). The molecule has 4 nitrogen and oxygen atoms in total. The number of carbonyl (C=O) groups excluding carboxylic acids is 1. The Labute approximate surface area is 174 Å². The van der Waals surface area contributed by atoms with Crippen LogP contribution in [0.4, 0.5) is 5.69 Å². The second-order valence-electron chi connectivity index (χ2n) is 8.08. The molecule has 5 heteroatoms. The number of ether oxygens (including phenoxy) is 1. The first kappa shape index (κ1) is 19.1. The largest absolute Gasteiger partial charge is 0.496 e. The molecule has 1 fully saturated rings. The van der Waals surface area contributed by atoms with E-state index >= 15 is 0 Å². The van der Waals surface area contributed by atoms with Crippen LogP contribution in [0.1, 0.15) is 37.0 Å². The van der Waals surface area contributed by atoms with Crippen LogP contribution in [0, 0.1) is 6.92 Å². The zero-order valence-electron chi connectivity index (χ0n) is 16.7. The molecule has 0 bridgehead atoms. The van der Waals surface area contributed by atoms with Gasteiger partial charge in [0.25, 0.3) is 0 Å². The van der Waals surface area contributed by atoms with Crippen molar-refractivity contribution in [2.24, 2.45) is 0 Å². The number of aryl methyl sites for hydroxylation is 1. The van der Waals surface area contributed by atoms with Crippen LogP contribution in [0.2, 0.25) is 0 Å². The number of hydrogen-bond acceptors (Lipinski definition) is 3. The van der Waals surface area contributed by atoms with Crippen LogP contribution in [-0.2, 0) is 10.2 Å². The zero-order valence-corrected chi connectivity index (χ0v) is 18.3. The van der Waals surface area contributed by atoms with E-state index in [0.29, 0.717) is 13.0 Å². The molecule has 2 aliphatic rings. The van der Waals surface area contributed by atoms with Crippen molar-refractivity contribution in [3.8, 4) is 5.75 Å². The minimum atomic E-state index is -0.619. The summed E-state index contributed by atoms with van der Waals surface area (Å²) >= 11 is 3.54. The van der Waals surface area contributed by atoms with Crippen molar-refractivity contribution in [1.29, 1.82) is 0 Å². The third-order valence-corrected chi connectivity index (χ3v) is 6.58. The lowest BCUT2D eigenvalue weighted by Gasteiger charge is -2.49. The second kappa shape index (κ2) is 6.66. The molecule has 1 N–H and O–H groups in total. The van der Waals surface area contributed by atoms with Gasteiger partial charge < -0.3 is 15.0 Å². The summed E-state index contributed by atoms with van der Waals surface area (Å²) in [5.74, 6) is 0.883. The first-order chi connectivity index (χ1) is 13.3. The molecule has 28 heavy (non-hydrogen) atoms. The first-order valence-corrected chi connectivity index (χ1v) is 10.3. The van der Waals surface area contributed by atoms with Crippen LogP contribution in [-0.4, -0.2) is 25.2 Å². The number of nitrogens with one attached hydrogen (secondary N) is 1. The number of anilines is 1. The molecule has 2 aliphatic heterocycles. The van der Waals surface area contributed by atoms with Gasteiger partial charge in [-0.1, -0.05) is 53.5 Å². The van der Waals surface area contributed by atoms with Crippen molar-refractivity contribution in [2.45, 2.75) is 38.3 Å². The molecule has 1 saturated heterocycles. The van der Waals surface area contributed by atoms with Crippen molar-refractivity contribution in [3.05, 3.63) is 63.6 Å². The van der Waals surface area contributed by atoms with Gasteiger partial charge in [-0.3, -0.25) is 4.79 Å². The minimum Gasteiger partial charge on any atom is -0.496 e. The van der Waals surface area contributed by atoms with E-state index in [0.717, 1.165) is 15.8 Å². The molecular formula is C23H25BrN2O2. The van der Waals surface area contributed by atoms with Gasteiger partial charge in [0.2, 0.25) is 5.91 Å². The summed E-state index contributed by atoms with van der Waals surface area (Å²) in [7, 11) is 1.67. The highest BCUT2D eigenvalue weighted by molar-refractivity contribution is 9.10. The second-order valence-corrected chi connectivity index (χ2v) is 9.00. The Hall–Kier alpha value is -2.27. The fraction of sp³-hybridized carbons (Fsp3) is 0.348. The van der Waals surface area contributed by atoms with Crippen molar-refractivity contribution >= 4 is 33.6 Å². The summed E-state index contributed by atoms with van der Waals surface area (Å²) in [5.41, 5.74) is 3.74. The van der Waals surface area contributed by atoms with Gasteiger partial charge in [0.1, 0.15) is 11.4 Å². The Balaban J connectivity index is 1.87. The van der Waals surface area contributed by atoms with E-state index in [2.05, 4.69) is 77.3 Å². The van der Waals surface area contributed by atoms with Gasteiger partial charge in [0, 0.05) is 34.1 Å². The molecule has 0 radical (unpaired) electrons. The number of benzene rings is 2. The molecule has 1 amide bonds. The van der Waals surface area contributed by atoms with Crippen LogP contribution in [0.25, 0.3) is 6.08 Å². The van der Waals surface area contributed by atoms with Crippen LogP contribution in [0.3, 0.4) is 0 Å². The average molecular weight is 441 g/mol. The minimum absolute atomic E-state index is 0.0831. The number of rotatable bonds is 3. The van der Waals surface area contributed by atoms with E-state index in [4.69, 9.17) is 4.74 Å². The normalized spacial score (nSPS) is 22.8. The fourth-order valence-corrected chi connectivity index (χ4v) is 4.89. The SMILES string of the molecule is COc1ccc(Br)cc1/C=C/[C@@]12NC(=O)CCN1c1ccc(C)cc1C2(C)C. The summed E-state index contributed by atoms with van der Waals surface area (Å²) in [6.45, 7) is 7.23. The topological polar surface area (TPSA) is 41.6 Å². The highest BCUT2D eigenvalue weighted by Crippen LogP contribution is 2.52. The summed E-state index contributed by atoms with van der Waals surface area (Å²) in [6.07, 6.45) is 4.69. The zero-order chi connectivity index (χ0) is 20.1. The predicted molar refractivity (Wildman–Crippen MR) is 117 cm³/mol. The van der Waals surface area contributed by atoms with Crippen LogP contribution < -0.4 is 15.0 Å². The number of methoxy groups -OCH3 is 1. The van der Waals surface area contributed by atoms with Crippen molar-refractivity contribution < 1.29 is 9.53 Å². The number of fused-ring (bicyclic) bond motifs is 3. The molecule has 2 aromatic carbocycles. The molecule has 0 aliphatic carbocycles. The third kappa shape index (κ3) is 2.75. The lowest BCUT2D eigenvalue weighted by atomic mass is 9.74. The van der Waals surface area contributed by atoms with Gasteiger partial charge in [-0.25, -0.2) is 0 Å². The standard InChI is InChI=1S/C23H25BrN2O2/c1-15-5-7-19-18(13-15)22(2,3)23(25-21(27)10-12-26(19)23)11-9-16-14-17(24)6-8-20(16)28-4/h5-9,11,13-14H,10,12H2,1-4H3,(H,25,27)/b11-9+/t23-/m1/s1. The van der Waals surface area contributed by atoms with E-state index in [-0.39, 0.29) is 11.3 Å². The molecule has 1 atom stereocenters. The maximum Gasteiger partial charge on any atom is 0.223 e. The molecule has 0 unspecified atom stereocenters. The smallest absolute Gasteiger partial charge is 0.223 e. The van der Waals surface area contributed by atoms with Gasteiger partial charge in [0.15, 0.2) is 0 Å². The average Bonchev–Trinajstić information content (AvgIpc) is 2.84. The summed E-state index contributed by atoms with van der Waals surface area (Å²) in [4.78, 5) is 14.8. The van der Waals surface area contributed by atoms with E-state index in [1.807, 2.05) is 18.2 Å². The summed E-state index contributed by atoms with van der Waals surface area (Å²) < 4.78 is 6.51.